The predicted octanol–water partition coefficient (Wildman–Crippen LogP) is 0.979. The van der Waals surface area contributed by atoms with E-state index in [2.05, 4.69) is 27.2 Å². The summed E-state index contributed by atoms with van der Waals surface area (Å²) in [6.45, 7) is 4.79. The molecule has 19 heavy (non-hydrogen) atoms. The van der Waals surface area contributed by atoms with Gasteiger partial charge in [0.25, 0.3) is 0 Å². The van der Waals surface area contributed by atoms with E-state index in [-0.39, 0.29) is 0 Å². The SMILES string of the molecule is C=CCN=C(N)NC(=S)NCCCc1ccccn1. The molecule has 1 aromatic heterocycles. The zero-order valence-electron chi connectivity index (χ0n) is 10.8. The lowest BCUT2D eigenvalue weighted by Crippen LogP contribution is -2.43. The van der Waals surface area contributed by atoms with E-state index in [9.17, 15) is 0 Å². The second-order valence-electron chi connectivity index (χ2n) is 3.82. The van der Waals surface area contributed by atoms with Crippen molar-refractivity contribution in [3.05, 3.63) is 42.7 Å². The quantitative estimate of drug-likeness (QED) is 0.238. The number of rotatable bonds is 6. The van der Waals surface area contributed by atoms with E-state index < -0.39 is 0 Å². The third-order valence-corrected chi connectivity index (χ3v) is 2.50. The van der Waals surface area contributed by atoms with E-state index in [1.54, 1.807) is 12.3 Å². The Hall–Kier alpha value is -1.95. The molecule has 1 aromatic rings. The Balaban J connectivity index is 2.15. The fourth-order valence-electron chi connectivity index (χ4n) is 1.38. The van der Waals surface area contributed by atoms with E-state index in [1.165, 1.54) is 0 Å². The van der Waals surface area contributed by atoms with Crippen molar-refractivity contribution in [1.82, 2.24) is 15.6 Å². The fraction of sp³-hybridized carbons (Fsp3) is 0.308. The molecule has 1 heterocycles. The molecule has 6 heteroatoms. The van der Waals surface area contributed by atoms with Gasteiger partial charge in [-0.2, -0.15) is 0 Å². The first-order chi connectivity index (χ1) is 9.22. The Morgan fingerprint density at radius 3 is 3.05 bits per heavy atom. The Kier molecular flexibility index (Phi) is 7.19. The Morgan fingerprint density at radius 1 is 1.53 bits per heavy atom. The highest BCUT2D eigenvalue weighted by Gasteiger charge is 1.98. The van der Waals surface area contributed by atoms with Crippen LogP contribution < -0.4 is 16.4 Å². The van der Waals surface area contributed by atoms with Crippen molar-refractivity contribution in [2.75, 3.05) is 13.1 Å². The van der Waals surface area contributed by atoms with E-state index in [4.69, 9.17) is 18.0 Å². The number of hydrogen-bond donors (Lipinski definition) is 3. The fourth-order valence-corrected chi connectivity index (χ4v) is 1.59. The number of nitrogens with one attached hydrogen (secondary N) is 2. The summed E-state index contributed by atoms with van der Waals surface area (Å²) < 4.78 is 0. The number of pyridine rings is 1. The number of guanidine groups is 1. The lowest BCUT2D eigenvalue weighted by molar-refractivity contribution is 0.757. The van der Waals surface area contributed by atoms with Crippen LogP contribution in [0.4, 0.5) is 0 Å². The molecule has 5 nitrogen and oxygen atoms in total. The third kappa shape index (κ3) is 7.15. The lowest BCUT2D eigenvalue weighted by atomic mass is 10.2. The van der Waals surface area contributed by atoms with Gasteiger partial charge in [0.1, 0.15) is 0 Å². The first kappa shape index (κ1) is 15.1. The molecule has 0 aromatic carbocycles. The Bertz CT molecular complexity index is 430. The van der Waals surface area contributed by atoms with Crippen LogP contribution in [0.25, 0.3) is 0 Å². The van der Waals surface area contributed by atoms with Crippen LogP contribution >= 0.6 is 12.2 Å². The number of aromatic nitrogens is 1. The van der Waals surface area contributed by atoms with Gasteiger partial charge in [-0.1, -0.05) is 12.1 Å². The van der Waals surface area contributed by atoms with Gasteiger partial charge in [0.15, 0.2) is 11.1 Å². The van der Waals surface area contributed by atoms with E-state index >= 15 is 0 Å². The third-order valence-electron chi connectivity index (χ3n) is 2.25. The standard InChI is InChI=1S/C13H19N5S/c1-2-8-16-12(14)18-13(19)17-10-5-7-11-6-3-4-9-15-11/h2-4,6,9H,1,5,7-8,10H2,(H4,14,16,17,18,19). The second kappa shape index (κ2) is 9.04. The average Bonchev–Trinajstić information content (AvgIpc) is 2.42. The van der Waals surface area contributed by atoms with Gasteiger partial charge in [-0.3, -0.25) is 4.98 Å². The topological polar surface area (TPSA) is 75.3 Å². The van der Waals surface area contributed by atoms with Crippen molar-refractivity contribution in [1.29, 1.82) is 0 Å². The molecule has 0 bridgehead atoms. The molecule has 0 fully saturated rings. The van der Waals surface area contributed by atoms with Crippen molar-refractivity contribution >= 4 is 23.3 Å². The number of aryl methyl sites for hydroxylation is 1. The Morgan fingerprint density at radius 2 is 2.37 bits per heavy atom. The number of hydrogen-bond acceptors (Lipinski definition) is 3. The first-order valence-electron chi connectivity index (χ1n) is 6.08. The summed E-state index contributed by atoms with van der Waals surface area (Å²) in [6.07, 6.45) is 5.32. The first-order valence-corrected chi connectivity index (χ1v) is 6.48. The summed E-state index contributed by atoms with van der Waals surface area (Å²) in [5, 5.41) is 6.34. The predicted molar refractivity (Wildman–Crippen MR) is 83.0 cm³/mol. The molecular weight excluding hydrogens is 258 g/mol. The summed E-state index contributed by atoms with van der Waals surface area (Å²) >= 11 is 5.09. The Labute approximate surface area is 119 Å². The summed E-state index contributed by atoms with van der Waals surface area (Å²) in [5.41, 5.74) is 6.69. The molecule has 0 aliphatic heterocycles. The van der Waals surface area contributed by atoms with Crippen LogP contribution in [0.2, 0.25) is 0 Å². The maximum absolute atomic E-state index is 5.61. The molecule has 0 saturated heterocycles. The van der Waals surface area contributed by atoms with Gasteiger partial charge in [-0.15, -0.1) is 6.58 Å². The molecule has 0 aliphatic carbocycles. The molecule has 0 saturated carbocycles. The maximum atomic E-state index is 5.61. The van der Waals surface area contributed by atoms with Crippen molar-refractivity contribution in [3.8, 4) is 0 Å². The molecule has 1 rings (SSSR count). The molecule has 0 spiro atoms. The molecule has 0 unspecified atom stereocenters. The largest absolute Gasteiger partial charge is 0.370 e. The summed E-state index contributed by atoms with van der Waals surface area (Å²) in [7, 11) is 0. The van der Waals surface area contributed by atoms with Gasteiger partial charge in [-0.25, -0.2) is 4.99 Å². The zero-order valence-corrected chi connectivity index (χ0v) is 11.6. The minimum Gasteiger partial charge on any atom is -0.370 e. The van der Waals surface area contributed by atoms with Gasteiger partial charge in [0.2, 0.25) is 0 Å². The second-order valence-corrected chi connectivity index (χ2v) is 4.23. The van der Waals surface area contributed by atoms with E-state index in [1.807, 2.05) is 18.2 Å². The summed E-state index contributed by atoms with van der Waals surface area (Å²) in [4.78, 5) is 8.24. The molecule has 0 aliphatic rings. The summed E-state index contributed by atoms with van der Waals surface area (Å²) in [6, 6.07) is 5.90. The molecule has 4 N–H and O–H groups in total. The van der Waals surface area contributed by atoms with Gasteiger partial charge in [-0.05, 0) is 37.2 Å². The smallest absolute Gasteiger partial charge is 0.195 e. The van der Waals surface area contributed by atoms with Gasteiger partial charge in [0, 0.05) is 18.4 Å². The highest BCUT2D eigenvalue weighted by Crippen LogP contribution is 1.96. The van der Waals surface area contributed by atoms with Crippen molar-refractivity contribution < 1.29 is 0 Å². The van der Waals surface area contributed by atoms with Crippen molar-refractivity contribution in [2.45, 2.75) is 12.8 Å². The normalized spacial score (nSPS) is 10.8. The van der Waals surface area contributed by atoms with E-state index in [0.717, 1.165) is 25.1 Å². The van der Waals surface area contributed by atoms with E-state index in [0.29, 0.717) is 17.6 Å². The van der Waals surface area contributed by atoms with Crippen molar-refractivity contribution in [2.24, 2.45) is 10.7 Å². The van der Waals surface area contributed by atoms with Crippen LogP contribution in [0.3, 0.4) is 0 Å². The number of nitrogens with two attached hydrogens (primary N) is 1. The van der Waals surface area contributed by atoms with Crippen LogP contribution in [-0.2, 0) is 6.42 Å². The molecule has 0 radical (unpaired) electrons. The summed E-state index contributed by atoms with van der Waals surface area (Å²) in [5.74, 6) is 0.294. The molecule has 102 valence electrons. The zero-order chi connectivity index (χ0) is 13.9. The monoisotopic (exact) mass is 277 g/mol. The van der Waals surface area contributed by atoms with Crippen LogP contribution in [0.15, 0.2) is 42.0 Å². The van der Waals surface area contributed by atoms with Crippen LogP contribution in [0.5, 0.6) is 0 Å². The van der Waals surface area contributed by atoms with Crippen molar-refractivity contribution in [3.63, 3.8) is 0 Å². The highest BCUT2D eigenvalue weighted by atomic mass is 32.1. The van der Waals surface area contributed by atoms with Gasteiger partial charge < -0.3 is 16.4 Å². The minimum absolute atomic E-state index is 0.294. The number of aliphatic imine (C=N–C) groups is 1. The molecule has 0 amide bonds. The van der Waals surface area contributed by atoms with Crippen LogP contribution in [0.1, 0.15) is 12.1 Å². The average molecular weight is 277 g/mol. The maximum Gasteiger partial charge on any atom is 0.195 e. The minimum atomic E-state index is 0.294. The molecular formula is C13H19N5S. The highest BCUT2D eigenvalue weighted by molar-refractivity contribution is 7.80. The van der Waals surface area contributed by atoms with Crippen LogP contribution in [0, 0.1) is 0 Å². The van der Waals surface area contributed by atoms with Gasteiger partial charge in [0.05, 0.1) is 6.54 Å². The van der Waals surface area contributed by atoms with Crippen LogP contribution in [-0.4, -0.2) is 29.1 Å². The number of nitrogens with zero attached hydrogens (tertiary/aromatic N) is 2. The lowest BCUT2D eigenvalue weighted by Gasteiger charge is -2.09. The molecule has 0 atom stereocenters. The number of thiocarbonyl (C=S) groups is 1. The van der Waals surface area contributed by atoms with Gasteiger partial charge >= 0.3 is 0 Å².